The van der Waals surface area contributed by atoms with Crippen molar-refractivity contribution < 1.29 is 9.53 Å². The quantitative estimate of drug-likeness (QED) is 0.789. The fourth-order valence-corrected chi connectivity index (χ4v) is 1.69. The molecule has 0 radical (unpaired) electrons. The zero-order valence-corrected chi connectivity index (χ0v) is 10.9. The second-order valence-electron chi connectivity index (χ2n) is 3.95. The third-order valence-corrected chi connectivity index (χ3v) is 2.54. The fourth-order valence-electron chi connectivity index (χ4n) is 1.69. The molecule has 98 valence electrons. The van der Waals surface area contributed by atoms with Crippen LogP contribution in [0.3, 0.4) is 0 Å². The fraction of sp³-hybridized carbons (Fsp3) is 0.214. The van der Waals surface area contributed by atoms with Gasteiger partial charge in [0.1, 0.15) is 0 Å². The summed E-state index contributed by atoms with van der Waals surface area (Å²) >= 11 is 0. The Morgan fingerprint density at radius 3 is 2.79 bits per heavy atom. The van der Waals surface area contributed by atoms with Crippen LogP contribution in [0.15, 0.2) is 36.5 Å². The Morgan fingerprint density at radius 1 is 1.37 bits per heavy atom. The molecular weight excluding hydrogens is 242 g/mol. The van der Waals surface area contributed by atoms with Crippen LogP contribution in [0.1, 0.15) is 29.9 Å². The van der Waals surface area contributed by atoms with Gasteiger partial charge in [-0.1, -0.05) is 35.5 Å². The highest BCUT2D eigenvalue weighted by Crippen LogP contribution is 2.12. The molecule has 1 aromatic carbocycles. The Morgan fingerprint density at radius 2 is 2.11 bits per heavy atom. The molecule has 0 N–H and O–H groups in total. The molecule has 5 nitrogen and oxygen atoms in total. The van der Waals surface area contributed by atoms with E-state index in [-0.39, 0.29) is 0 Å². The molecule has 19 heavy (non-hydrogen) atoms. The Balaban J connectivity index is 2.30. The van der Waals surface area contributed by atoms with Crippen molar-refractivity contribution in [2.24, 2.45) is 0 Å². The van der Waals surface area contributed by atoms with E-state index in [4.69, 9.17) is 4.74 Å². The Bertz CT molecular complexity index is 588. The highest BCUT2D eigenvalue weighted by molar-refractivity contribution is 5.89. The van der Waals surface area contributed by atoms with Crippen LogP contribution >= 0.6 is 0 Å². The average molecular weight is 257 g/mol. The molecule has 0 aliphatic heterocycles. The number of aromatic nitrogens is 3. The predicted molar refractivity (Wildman–Crippen MR) is 72.3 cm³/mol. The summed E-state index contributed by atoms with van der Waals surface area (Å²) < 4.78 is 6.44. The smallest absolute Gasteiger partial charge is 0.358 e. The number of hydrogen-bond acceptors (Lipinski definition) is 4. The number of carbonyl (C=O) groups excluding carboxylic acids is 1. The van der Waals surface area contributed by atoms with Gasteiger partial charge < -0.3 is 4.74 Å². The van der Waals surface area contributed by atoms with E-state index < -0.39 is 5.97 Å². The van der Waals surface area contributed by atoms with Crippen molar-refractivity contribution in [3.63, 3.8) is 0 Å². The number of ether oxygens (including phenoxy) is 1. The van der Waals surface area contributed by atoms with E-state index >= 15 is 0 Å². The van der Waals surface area contributed by atoms with Gasteiger partial charge in [-0.3, -0.25) is 0 Å². The normalized spacial score (nSPS) is 11.4. The number of allylic oxidation sites excluding steroid dienone is 1. The molecule has 0 saturated carbocycles. The highest BCUT2D eigenvalue weighted by Gasteiger charge is 2.15. The standard InChI is InChI=1S/C14H15N3O2/c1-3-19-14(18)13-10-15-16-17(13)11(2)9-12-7-5-4-6-8-12/h4-10H,3H2,1-2H3. The second-order valence-corrected chi connectivity index (χ2v) is 3.95. The number of benzene rings is 1. The van der Waals surface area contributed by atoms with E-state index in [0.29, 0.717) is 12.3 Å². The maximum atomic E-state index is 11.7. The lowest BCUT2D eigenvalue weighted by Gasteiger charge is -2.05. The van der Waals surface area contributed by atoms with Crippen molar-refractivity contribution in [1.82, 2.24) is 15.0 Å². The molecule has 0 bridgehead atoms. The lowest BCUT2D eigenvalue weighted by molar-refractivity contribution is 0.0516. The molecule has 0 unspecified atom stereocenters. The number of rotatable bonds is 4. The molecule has 0 amide bonds. The van der Waals surface area contributed by atoms with Gasteiger partial charge >= 0.3 is 5.97 Å². The van der Waals surface area contributed by atoms with Gasteiger partial charge in [-0.25, -0.2) is 9.48 Å². The zero-order chi connectivity index (χ0) is 13.7. The van der Waals surface area contributed by atoms with Gasteiger partial charge in [0.2, 0.25) is 0 Å². The van der Waals surface area contributed by atoms with Crippen molar-refractivity contribution in [3.8, 4) is 0 Å². The number of esters is 1. The Kier molecular flexibility index (Phi) is 4.07. The predicted octanol–water partition coefficient (Wildman–Crippen LogP) is 2.47. The maximum absolute atomic E-state index is 11.7. The third kappa shape index (κ3) is 3.07. The molecule has 0 spiro atoms. The topological polar surface area (TPSA) is 57.0 Å². The van der Waals surface area contributed by atoms with E-state index in [1.54, 1.807) is 6.92 Å². The van der Waals surface area contributed by atoms with Crippen molar-refractivity contribution in [3.05, 3.63) is 47.8 Å². The van der Waals surface area contributed by atoms with Gasteiger partial charge in [0, 0.05) is 5.70 Å². The molecule has 1 heterocycles. The van der Waals surface area contributed by atoms with Crippen molar-refractivity contribution >= 4 is 17.7 Å². The SMILES string of the molecule is CCOC(=O)c1cnnn1C(C)=Cc1ccccc1. The first kappa shape index (κ1) is 13.0. The van der Waals surface area contributed by atoms with Gasteiger partial charge in [0.05, 0.1) is 12.8 Å². The molecule has 5 heteroatoms. The van der Waals surface area contributed by atoms with Gasteiger partial charge in [-0.05, 0) is 25.5 Å². The summed E-state index contributed by atoms with van der Waals surface area (Å²) in [5.74, 6) is -0.423. The molecule has 0 atom stereocenters. The van der Waals surface area contributed by atoms with Crippen LogP contribution < -0.4 is 0 Å². The largest absolute Gasteiger partial charge is 0.461 e. The van der Waals surface area contributed by atoms with E-state index in [1.165, 1.54) is 10.9 Å². The van der Waals surface area contributed by atoms with E-state index in [2.05, 4.69) is 10.3 Å². The number of carbonyl (C=O) groups is 1. The highest BCUT2D eigenvalue weighted by atomic mass is 16.5. The zero-order valence-electron chi connectivity index (χ0n) is 10.9. The van der Waals surface area contributed by atoms with Crippen LogP contribution in [0.4, 0.5) is 0 Å². The van der Waals surface area contributed by atoms with Gasteiger partial charge in [0.15, 0.2) is 5.69 Å². The molecule has 0 aliphatic rings. The van der Waals surface area contributed by atoms with Gasteiger partial charge in [-0.2, -0.15) is 0 Å². The van der Waals surface area contributed by atoms with Crippen LogP contribution in [0.25, 0.3) is 11.8 Å². The van der Waals surface area contributed by atoms with E-state index in [9.17, 15) is 4.79 Å². The van der Waals surface area contributed by atoms with Crippen LogP contribution in [0.2, 0.25) is 0 Å². The molecule has 0 fully saturated rings. The summed E-state index contributed by atoms with van der Waals surface area (Å²) in [6, 6.07) is 9.81. The minimum atomic E-state index is -0.423. The van der Waals surface area contributed by atoms with Crippen LogP contribution in [-0.4, -0.2) is 27.6 Å². The second kappa shape index (κ2) is 5.95. The lowest BCUT2D eigenvalue weighted by atomic mass is 10.2. The molecule has 0 saturated heterocycles. The Labute approximate surface area is 111 Å². The van der Waals surface area contributed by atoms with E-state index in [1.807, 2.05) is 43.3 Å². The van der Waals surface area contributed by atoms with Crippen LogP contribution in [0, 0.1) is 0 Å². The first-order chi connectivity index (χ1) is 9.22. The molecule has 1 aromatic heterocycles. The molecule has 2 aromatic rings. The maximum Gasteiger partial charge on any atom is 0.358 e. The monoisotopic (exact) mass is 257 g/mol. The van der Waals surface area contributed by atoms with Crippen molar-refractivity contribution in [2.45, 2.75) is 13.8 Å². The first-order valence-corrected chi connectivity index (χ1v) is 6.04. The average Bonchev–Trinajstić information content (AvgIpc) is 2.89. The number of hydrogen-bond donors (Lipinski definition) is 0. The van der Waals surface area contributed by atoms with E-state index in [0.717, 1.165) is 11.3 Å². The minimum Gasteiger partial charge on any atom is -0.461 e. The molecule has 0 aliphatic carbocycles. The summed E-state index contributed by atoms with van der Waals surface area (Å²) in [4.78, 5) is 11.7. The summed E-state index contributed by atoms with van der Waals surface area (Å²) in [6.45, 7) is 3.95. The van der Waals surface area contributed by atoms with Gasteiger partial charge in [0.25, 0.3) is 0 Å². The molecule has 2 rings (SSSR count). The number of nitrogens with zero attached hydrogens (tertiary/aromatic N) is 3. The van der Waals surface area contributed by atoms with Crippen LogP contribution in [-0.2, 0) is 4.74 Å². The van der Waals surface area contributed by atoms with Crippen molar-refractivity contribution in [2.75, 3.05) is 6.61 Å². The first-order valence-electron chi connectivity index (χ1n) is 6.04. The summed E-state index contributed by atoms with van der Waals surface area (Å²) in [6.07, 6.45) is 3.33. The lowest BCUT2D eigenvalue weighted by Crippen LogP contribution is -2.11. The molecular formula is C14H15N3O2. The summed E-state index contributed by atoms with van der Waals surface area (Å²) in [5.41, 5.74) is 2.16. The minimum absolute atomic E-state index is 0.325. The summed E-state index contributed by atoms with van der Waals surface area (Å²) in [7, 11) is 0. The summed E-state index contributed by atoms with van der Waals surface area (Å²) in [5, 5.41) is 7.67. The third-order valence-electron chi connectivity index (χ3n) is 2.54. The Hall–Kier alpha value is -2.43. The van der Waals surface area contributed by atoms with Crippen LogP contribution in [0.5, 0.6) is 0 Å². The van der Waals surface area contributed by atoms with Crippen molar-refractivity contribution in [1.29, 1.82) is 0 Å². The van der Waals surface area contributed by atoms with Gasteiger partial charge in [-0.15, -0.1) is 5.10 Å².